The van der Waals surface area contributed by atoms with Gasteiger partial charge in [-0.2, -0.15) is 0 Å². The number of benzene rings is 2. The summed E-state index contributed by atoms with van der Waals surface area (Å²) >= 11 is 0. The Kier molecular flexibility index (Phi) is 7.55. The molecule has 162 valence electrons. The normalized spacial score (nSPS) is 16.5. The van der Waals surface area contributed by atoms with Gasteiger partial charge in [-0.05, 0) is 59.4 Å². The summed E-state index contributed by atoms with van der Waals surface area (Å²) in [5.74, 6) is 3.03. The third-order valence-corrected chi connectivity index (χ3v) is 5.17. The van der Waals surface area contributed by atoms with Crippen molar-refractivity contribution in [3.8, 4) is 23.0 Å². The maximum Gasteiger partial charge on any atom is 0.161 e. The number of rotatable bonds is 8. The first-order valence-corrected chi connectivity index (χ1v) is 10.1. The van der Waals surface area contributed by atoms with Crippen molar-refractivity contribution in [2.24, 2.45) is 5.92 Å². The molecule has 5 heteroatoms. The quantitative estimate of drug-likeness (QED) is 0.576. The van der Waals surface area contributed by atoms with Crippen LogP contribution in [0.4, 0.5) is 0 Å². The predicted molar refractivity (Wildman–Crippen MR) is 123 cm³/mol. The van der Waals surface area contributed by atoms with Crippen LogP contribution < -0.4 is 18.9 Å². The summed E-state index contributed by atoms with van der Waals surface area (Å²) in [7, 11) is 6.46. The number of methoxy groups -OCH3 is 4. The molecule has 0 heterocycles. The lowest BCUT2D eigenvalue weighted by atomic mass is 9.87. The summed E-state index contributed by atoms with van der Waals surface area (Å²) < 4.78 is 21.3. The summed E-state index contributed by atoms with van der Waals surface area (Å²) in [6.45, 7) is 0. The molecule has 1 atom stereocenters. The molecule has 0 radical (unpaired) electrons. The lowest BCUT2D eigenvalue weighted by Gasteiger charge is -2.17. The van der Waals surface area contributed by atoms with E-state index in [1.54, 1.807) is 34.5 Å². The smallest absolute Gasteiger partial charge is 0.161 e. The fraction of sp³-hybridized carbons (Fsp3) is 0.269. The van der Waals surface area contributed by atoms with Gasteiger partial charge in [-0.25, -0.2) is 0 Å². The second-order valence-corrected chi connectivity index (χ2v) is 7.28. The molecule has 0 amide bonds. The molecule has 2 aromatic rings. The first-order valence-electron chi connectivity index (χ1n) is 10.1. The number of hydrogen-bond donors (Lipinski definition) is 0. The molecule has 0 aliphatic heterocycles. The molecule has 0 fully saturated rings. The highest BCUT2D eigenvalue weighted by Crippen LogP contribution is 2.31. The zero-order chi connectivity index (χ0) is 22.2. The summed E-state index contributed by atoms with van der Waals surface area (Å²) in [5.41, 5.74) is 2.99. The van der Waals surface area contributed by atoms with Gasteiger partial charge in [-0.3, -0.25) is 4.79 Å². The van der Waals surface area contributed by atoms with Crippen LogP contribution in [0.5, 0.6) is 23.0 Å². The van der Waals surface area contributed by atoms with Crippen molar-refractivity contribution in [3.63, 3.8) is 0 Å². The molecule has 0 N–H and O–H groups in total. The zero-order valence-electron chi connectivity index (χ0n) is 18.4. The van der Waals surface area contributed by atoms with Crippen LogP contribution in [0.3, 0.4) is 0 Å². The number of allylic oxidation sites excluding steroid dienone is 4. The molecule has 0 bridgehead atoms. The van der Waals surface area contributed by atoms with Gasteiger partial charge in [-0.1, -0.05) is 36.4 Å². The number of ketones is 1. The standard InChI is InChI=1S/C26H28O5/c1-28-23-11-9-18(16-25(23)30-3)5-7-20-13-21(15-22(27)14-20)8-6-19-10-12-24(29-2)26(17-19)31-4/h5-12,14,16-17,21H,13,15H2,1-4H3/b7-5-,8-6+/t21-/m1/s1. The van der Waals surface area contributed by atoms with Gasteiger partial charge in [0.15, 0.2) is 28.8 Å². The Hall–Kier alpha value is -3.47. The number of ether oxygens (including phenoxy) is 4. The average Bonchev–Trinajstić information content (AvgIpc) is 2.80. The second-order valence-electron chi connectivity index (χ2n) is 7.28. The average molecular weight is 421 g/mol. The molecule has 0 unspecified atom stereocenters. The molecule has 3 rings (SSSR count). The first kappa shape index (κ1) is 22.2. The first-order chi connectivity index (χ1) is 15.1. The van der Waals surface area contributed by atoms with Crippen molar-refractivity contribution >= 4 is 17.9 Å². The highest BCUT2D eigenvalue weighted by molar-refractivity contribution is 5.92. The Morgan fingerprint density at radius 2 is 1.26 bits per heavy atom. The van der Waals surface area contributed by atoms with Crippen molar-refractivity contribution in [1.82, 2.24) is 0 Å². The van der Waals surface area contributed by atoms with Gasteiger partial charge < -0.3 is 18.9 Å². The topological polar surface area (TPSA) is 54.0 Å². The van der Waals surface area contributed by atoms with Gasteiger partial charge in [0.1, 0.15) is 0 Å². The van der Waals surface area contributed by atoms with Gasteiger partial charge in [0.05, 0.1) is 28.4 Å². The molecular weight excluding hydrogens is 392 g/mol. The van der Waals surface area contributed by atoms with E-state index in [1.807, 2.05) is 54.6 Å². The molecule has 1 aliphatic rings. The summed E-state index contributed by atoms with van der Waals surface area (Å²) in [5, 5.41) is 0. The van der Waals surface area contributed by atoms with Crippen molar-refractivity contribution in [1.29, 1.82) is 0 Å². The maximum atomic E-state index is 12.3. The van der Waals surface area contributed by atoms with Crippen LogP contribution in [0.1, 0.15) is 24.0 Å². The van der Waals surface area contributed by atoms with E-state index >= 15 is 0 Å². The number of carbonyl (C=O) groups is 1. The van der Waals surface area contributed by atoms with E-state index in [0.717, 1.165) is 23.1 Å². The molecule has 0 saturated heterocycles. The highest BCUT2D eigenvalue weighted by atomic mass is 16.5. The molecular formula is C26H28O5. The van der Waals surface area contributed by atoms with Gasteiger partial charge in [0, 0.05) is 6.42 Å². The Morgan fingerprint density at radius 3 is 1.81 bits per heavy atom. The Labute approximate surface area is 183 Å². The third-order valence-electron chi connectivity index (χ3n) is 5.17. The molecule has 0 saturated carbocycles. The fourth-order valence-corrected chi connectivity index (χ4v) is 3.57. The molecule has 1 aliphatic carbocycles. The van der Waals surface area contributed by atoms with Crippen LogP contribution in [0, 0.1) is 5.92 Å². The Balaban J connectivity index is 1.70. The van der Waals surface area contributed by atoms with E-state index in [-0.39, 0.29) is 11.7 Å². The summed E-state index contributed by atoms with van der Waals surface area (Å²) in [6.07, 6.45) is 11.2. The largest absolute Gasteiger partial charge is 0.493 e. The van der Waals surface area contributed by atoms with Gasteiger partial charge >= 0.3 is 0 Å². The third kappa shape index (κ3) is 5.79. The van der Waals surface area contributed by atoms with Crippen molar-refractivity contribution in [2.45, 2.75) is 12.8 Å². The zero-order valence-corrected chi connectivity index (χ0v) is 18.4. The van der Waals surface area contributed by atoms with E-state index in [2.05, 4.69) is 6.08 Å². The van der Waals surface area contributed by atoms with Gasteiger partial charge in [-0.15, -0.1) is 0 Å². The van der Waals surface area contributed by atoms with E-state index in [9.17, 15) is 4.79 Å². The van der Waals surface area contributed by atoms with E-state index < -0.39 is 0 Å². The van der Waals surface area contributed by atoms with Crippen LogP contribution in [0.15, 0.2) is 60.2 Å². The van der Waals surface area contributed by atoms with Crippen molar-refractivity contribution in [3.05, 3.63) is 71.3 Å². The van der Waals surface area contributed by atoms with Crippen molar-refractivity contribution < 1.29 is 23.7 Å². The van der Waals surface area contributed by atoms with Gasteiger partial charge in [0.2, 0.25) is 0 Å². The lowest BCUT2D eigenvalue weighted by Crippen LogP contribution is -2.11. The molecule has 0 aromatic heterocycles. The van der Waals surface area contributed by atoms with Crippen LogP contribution in [-0.2, 0) is 4.79 Å². The summed E-state index contributed by atoms with van der Waals surface area (Å²) in [6, 6.07) is 11.5. The van der Waals surface area contributed by atoms with Crippen LogP contribution in [-0.4, -0.2) is 34.2 Å². The Morgan fingerprint density at radius 1 is 0.710 bits per heavy atom. The van der Waals surface area contributed by atoms with E-state index in [1.165, 1.54) is 0 Å². The second kappa shape index (κ2) is 10.5. The monoisotopic (exact) mass is 420 g/mol. The van der Waals surface area contributed by atoms with Crippen molar-refractivity contribution in [2.75, 3.05) is 28.4 Å². The molecule has 2 aromatic carbocycles. The predicted octanol–water partition coefficient (Wildman–Crippen LogP) is 5.35. The fourth-order valence-electron chi connectivity index (χ4n) is 3.57. The number of carbonyl (C=O) groups excluding carboxylic acids is 1. The lowest BCUT2D eigenvalue weighted by molar-refractivity contribution is -0.115. The number of hydrogen-bond acceptors (Lipinski definition) is 5. The van der Waals surface area contributed by atoms with Crippen LogP contribution in [0.2, 0.25) is 0 Å². The minimum atomic E-state index is 0.139. The van der Waals surface area contributed by atoms with Crippen LogP contribution >= 0.6 is 0 Å². The summed E-state index contributed by atoms with van der Waals surface area (Å²) in [4.78, 5) is 12.3. The molecule has 31 heavy (non-hydrogen) atoms. The van der Waals surface area contributed by atoms with Crippen LogP contribution in [0.25, 0.3) is 12.2 Å². The minimum Gasteiger partial charge on any atom is -0.493 e. The van der Waals surface area contributed by atoms with E-state index in [0.29, 0.717) is 29.4 Å². The van der Waals surface area contributed by atoms with Gasteiger partial charge in [0.25, 0.3) is 0 Å². The maximum absolute atomic E-state index is 12.3. The Bertz CT molecular complexity index is 1020. The SMILES string of the molecule is COc1ccc(/C=C\C2=CC(=O)C[C@H](/C=C/c3ccc(OC)c(OC)c3)C2)cc1OC. The van der Waals surface area contributed by atoms with E-state index in [4.69, 9.17) is 18.9 Å². The molecule has 5 nitrogen and oxygen atoms in total. The molecule has 0 spiro atoms. The highest BCUT2D eigenvalue weighted by Gasteiger charge is 2.17. The minimum absolute atomic E-state index is 0.139.